The highest BCUT2D eigenvalue weighted by Crippen LogP contribution is 2.24. The molecule has 2 aromatic rings. The molecule has 0 N–H and O–H groups in total. The SMILES string of the molecule is CN(Cc1csc(Br)c1)c1cc(F)cc(C#N)c1. The Morgan fingerprint density at radius 1 is 1.39 bits per heavy atom. The minimum absolute atomic E-state index is 0.336. The minimum Gasteiger partial charge on any atom is -0.370 e. The number of hydrogen-bond donors (Lipinski definition) is 0. The number of benzene rings is 1. The van der Waals surface area contributed by atoms with Gasteiger partial charge in [-0.15, -0.1) is 11.3 Å². The van der Waals surface area contributed by atoms with E-state index in [1.54, 1.807) is 17.4 Å². The van der Waals surface area contributed by atoms with Gasteiger partial charge in [-0.3, -0.25) is 0 Å². The zero-order valence-electron chi connectivity index (χ0n) is 9.65. The maximum absolute atomic E-state index is 13.3. The van der Waals surface area contributed by atoms with E-state index in [9.17, 15) is 4.39 Å². The number of nitriles is 1. The summed E-state index contributed by atoms with van der Waals surface area (Å²) in [6, 6.07) is 8.34. The van der Waals surface area contributed by atoms with Gasteiger partial charge >= 0.3 is 0 Å². The molecule has 0 saturated carbocycles. The van der Waals surface area contributed by atoms with E-state index in [1.807, 2.05) is 29.5 Å². The molecule has 0 saturated heterocycles. The molecule has 1 aromatic heterocycles. The van der Waals surface area contributed by atoms with Crippen LogP contribution in [0.15, 0.2) is 33.4 Å². The van der Waals surface area contributed by atoms with Crippen molar-refractivity contribution in [3.8, 4) is 6.07 Å². The lowest BCUT2D eigenvalue weighted by Gasteiger charge is -2.18. The van der Waals surface area contributed by atoms with Crippen LogP contribution < -0.4 is 4.90 Å². The third kappa shape index (κ3) is 3.09. The normalized spacial score (nSPS) is 10.1. The summed E-state index contributed by atoms with van der Waals surface area (Å²) in [4.78, 5) is 1.92. The first-order valence-corrected chi connectivity index (χ1v) is 6.90. The Labute approximate surface area is 117 Å². The first-order valence-electron chi connectivity index (χ1n) is 5.23. The lowest BCUT2D eigenvalue weighted by Crippen LogP contribution is -2.16. The number of nitrogens with zero attached hydrogens (tertiary/aromatic N) is 2. The molecule has 0 atom stereocenters. The van der Waals surface area contributed by atoms with Gasteiger partial charge in [0, 0.05) is 19.3 Å². The van der Waals surface area contributed by atoms with Gasteiger partial charge in [-0.25, -0.2) is 4.39 Å². The van der Waals surface area contributed by atoms with Crippen molar-refractivity contribution in [2.45, 2.75) is 6.54 Å². The van der Waals surface area contributed by atoms with E-state index >= 15 is 0 Å². The second-order valence-corrected chi connectivity index (χ2v) is 6.22. The monoisotopic (exact) mass is 324 g/mol. The quantitative estimate of drug-likeness (QED) is 0.847. The highest BCUT2D eigenvalue weighted by molar-refractivity contribution is 9.11. The van der Waals surface area contributed by atoms with E-state index < -0.39 is 0 Å². The lowest BCUT2D eigenvalue weighted by atomic mass is 10.2. The molecular formula is C13H10BrFN2S. The second kappa shape index (κ2) is 5.51. The van der Waals surface area contributed by atoms with Gasteiger partial charge in [0.15, 0.2) is 0 Å². The Bertz CT molecular complexity index is 603. The molecule has 0 radical (unpaired) electrons. The molecule has 0 aliphatic heterocycles. The summed E-state index contributed by atoms with van der Waals surface area (Å²) in [7, 11) is 1.88. The zero-order chi connectivity index (χ0) is 13.1. The van der Waals surface area contributed by atoms with Gasteiger partial charge in [-0.05, 0) is 51.1 Å². The zero-order valence-corrected chi connectivity index (χ0v) is 12.1. The summed E-state index contributed by atoms with van der Waals surface area (Å²) in [5.41, 5.74) is 2.19. The van der Waals surface area contributed by atoms with Crippen LogP contribution in [0.25, 0.3) is 0 Å². The highest BCUT2D eigenvalue weighted by Gasteiger charge is 2.07. The van der Waals surface area contributed by atoms with E-state index in [2.05, 4.69) is 15.9 Å². The summed E-state index contributed by atoms with van der Waals surface area (Å²) in [5.74, 6) is -0.387. The van der Waals surface area contributed by atoms with Gasteiger partial charge in [0.2, 0.25) is 0 Å². The highest BCUT2D eigenvalue weighted by atomic mass is 79.9. The minimum atomic E-state index is -0.387. The fraction of sp³-hybridized carbons (Fsp3) is 0.154. The average Bonchev–Trinajstić information content (AvgIpc) is 2.73. The Kier molecular flexibility index (Phi) is 4.00. The molecule has 0 aliphatic rings. The number of rotatable bonds is 3. The fourth-order valence-electron chi connectivity index (χ4n) is 1.65. The predicted octanol–water partition coefficient (Wildman–Crippen LogP) is 4.16. The van der Waals surface area contributed by atoms with Crippen LogP contribution in [0.3, 0.4) is 0 Å². The van der Waals surface area contributed by atoms with Crippen molar-refractivity contribution in [2.75, 3.05) is 11.9 Å². The van der Waals surface area contributed by atoms with Gasteiger partial charge < -0.3 is 4.90 Å². The molecular weight excluding hydrogens is 315 g/mol. The van der Waals surface area contributed by atoms with Gasteiger partial charge in [0.25, 0.3) is 0 Å². The molecule has 1 heterocycles. The van der Waals surface area contributed by atoms with Gasteiger partial charge in [0.05, 0.1) is 15.4 Å². The molecule has 2 nitrogen and oxygen atoms in total. The van der Waals surface area contributed by atoms with Gasteiger partial charge in [-0.1, -0.05) is 0 Å². The molecule has 2 rings (SSSR count). The van der Waals surface area contributed by atoms with Crippen molar-refractivity contribution in [3.05, 3.63) is 50.4 Å². The summed E-state index contributed by atoms with van der Waals surface area (Å²) in [6.07, 6.45) is 0. The first kappa shape index (κ1) is 13.1. The van der Waals surface area contributed by atoms with E-state index in [0.717, 1.165) is 9.35 Å². The lowest BCUT2D eigenvalue weighted by molar-refractivity contribution is 0.626. The number of halogens is 2. The first-order chi connectivity index (χ1) is 8.58. The van der Waals surface area contributed by atoms with Crippen molar-refractivity contribution >= 4 is 33.0 Å². The molecule has 1 aromatic carbocycles. The number of thiophene rings is 1. The van der Waals surface area contributed by atoms with Crippen LogP contribution in [0.4, 0.5) is 10.1 Å². The standard InChI is InChI=1S/C13H10BrFN2S/c1-17(7-10-4-13(14)18-8-10)12-3-9(6-16)2-11(15)5-12/h2-5,8H,7H2,1H3. The fourth-order valence-corrected chi connectivity index (χ4v) is 2.85. The van der Waals surface area contributed by atoms with Crippen LogP contribution in [0, 0.1) is 17.1 Å². The second-order valence-electron chi connectivity index (χ2n) is 3.93. The third-order valence-electron chi connectivity index (χ3n) is 2.49. The maximum Gasteiger partial charge on any atom is 0.126 e. The predicted molar refractivity (Wildman–Crippen MR) is 75.2 cm³/mol. The van der Waals surface area contributed by atoms with Crippen molar-refractivity contribution in [3.63, 3.8) is 0 Å². The van der Waals surface area contributed by atoms with Crippen LogP contribution in [0.5, 0.6) is 0 Å². The van der Waals surface area contributed by atoms with Crippen LogP contribution >= 0.6 is 27.3 Å². The number of anilines is 1. The Morgan fingerprint density at radius 2 is 2.17 bits per heavy atom. The van der Waals surface area contributed by atoms with Crippen LogP contribution in [-0.4, -0.2) is 7.05 Å². The van der Waals surface area contributed by atoms with Gasteiger partial charge in [-0.2, -0.15) is 5.26 Å². The molecule has 0 unspecified atom stereocenters. The van der Waals surface area contributed by atoms with Crippen molar-refractivity contribution < 1.29 is 4.39 Å². The van der Waals surface area contributed by atoms with Gasteiger partial charge in [0.1, 0.15) is 5.82 Å². The molecule has 0 fully saturated rings. The largest absolute Gasteiger partial charge is 0.370 e. The smallest absolute Gasteiger partial charge is 0.126 e. The van der Waals surface area contributed by atoms with Crippen molar-refractivity contribution in [1.82, 2.24) is 0 Å². The molecule has 18 heavy (non-hydrogen) atoms. The molecule has 0 aliphatic carbocycles. The summed E-state index contributed by atoms with van der Waals surface area (Å²) >= 11 is 5.03. The average molecular weight is 325 g/mol. The van der Waals surface area contributed by atoms with Crippen molar-refractivity contribution in [2.24, 2.45) is 0 Å². The van der Waals surface area contributed by atoms with E-state index in [4.69, 9.17) is 5.26 Å². The molecule has 0 amide bonds. The van der Waals surface area contributed by atoms with Crippen molar-refractivity contribution in [1.29, 1.82) is 5.26 Å². The summed E-state index contributed by atoms with van der Waals surface area (Å²) < 4.78 is 14.4. The van der Waals surface area contributed by atoms with E-state index in [0.29, 0.717) is 17.8 Å². The Balaban J connectivity index is 2.21. The van der Waals surface area contributed by atoms with Crippen LogP contribution in [0.2, 0.25) is 0 Å². The molecule has 92 valence electrons. The summed E-state index contributed by atoms with van der Waals surface area (Å²) in [6.45, 7) is 0.677. The third-order valence-corrected chi connectivity index (χ3v) is 4.05. The number of hydrogen-bond acceptors (Lipinski definition) is 3. The summed E-state index contributed by atoms with van der Waals surface area (Å²) in [5, 5.41) is 10.9. The van der Waals surface area contributed by atoms with E-state index in [1.165, 1.54) is 12.1 Å². The Hall–Kier alpha value is -1.38. The topological polar surface area (TPSA) is 27.0 Å². The molecule has 0 spiro atoms. The van der Waals surface area contributed by atoms with Crippen LogP contribution in [0.1, 0.15) is 11.1 Å². The molecule has 0 bridgehead atoms. The van der Waals surface area contributed by atoms with Crippen LogP contribution in [-0.2, 0) is 6.54 Å². The maximum atomic E-state index is 13.3. The van der Waals surface area contributed by atoms with E-state index in [-0.39, 0.29) is 5.82 Å². The Morgan fingerprint density at radius 3 is 2.78 bits per heavy atom. The molecule has 5 heteroatoms.